The van der Waals surface area contributed by atoms with Crippen LogP contribution in [-0.2, 0) is 0 Å². The minimum Gasteiger partial charge on any atom is -0.493 e. The van der Waals surface area contributed by atoms with Gasteiger partial charge in [-0.2, -0.15) is 0 Å². The summed E-state index contributed by atoms with van der Waals surface area (Å²) in [7, 11) is 6.00. The molecule has 0 bridgehead atoms. The first kappa shape index (κ1) is 19.9. The van der Waals surface area contributed by atoms with Gasteiger partial charge < -0.3 is 19.3 Å². The van der Waals surface area contributed by atoms with Crippen molar-refractivity contribution < 1.29 is 9.47 Å². The third kappa shape index (κ3) is 2.93. The van der Waals surface area contributed by atoms with Gasteiger partial charge in [0.1, 0.15) is 0 Å². The maximum absolute atomic E-state index is 6.79. The fraction of sp³-hybridized carbons (Fsp3) is 0.231. The molecule has 4 nitrogen and oxygen atoms in total. The van der Waals surface area contributed by atoms with Gasteiger partial charge in [-0.1, -0.05) is 59.9 Å². The molecule has 0 aromatic heterocycles. The Bertz CT molecular complexity index is 1240. The van der Waals surface area contributed by atoms with Gasteiger partial charge in [-0.3, -0.25) is 0 Å². The van der Waals surface area contributed by atoms with Crippen molar-refractivity contribution in [2.75, 3.05) is 31.0 Å². The molecule has 3 aromatic rings. The molecule has 3 aromatic carbocycles. The second-order valence-electron chi connectivity index (χ2n) is 8.27. The summed E-state index contributed by atoms with van der Waals surface area (Å²) in [5.41, 5.74) is 3.65. The molecular formula is C26H24N2O2S2. The van der Waals surface area contributed by atoms with E-state index in [1.807, 2.05) is 17.8 Å². The molecule has 3 heterocycles. The van der Waals surface area contributed by atoms with Crippen molar-refractivity contribution in [3.63, 3.8) is 0 Å². The van der Waals surface area contributed by atoms with Gasteiger partial charge in [-0.15, -0.1) is 0 Å². The van der Waals surface area contributed by atoms with Crippen LogP contribution in [0.1, 0.15) is 17.9 Å². The predicted octanol–water partition coefficient (Wildman–Crippen LogP) is 6.54. The molecule has 0 fully saturated rings. The van der Waals surface area contributed by atoms with Gasteiger partial charge in [0.05, 0.1) is 23.5 Å². The maximum atomic E-state index is 6.79. The number of allylic oxidation sites excluding steroid dienone is 1. The van der Waals surface area contributed by atoms with E-state index in [-0.39, 0.29) is 5.92 Å². The Morgan fingerprint density at radius 3 is 2.47 bits per heavy atom. The molecule has 0 saturated heterocycles. The van der Waals surface area contributed by atoms with E-state index in [9.17, 15) is 0 Å². The van der Waals surface area contributed by atoms with Gasteiger partial charge in [0.25, 0.3) is 0 Å². The summed E-state index contributed by atoms with van der Waals surface area (Å²) in [6.45, 7) is 0. The van der Waals surface area contributed by atoms with Crippen LogP contribution in [0.15, 0.2) is 87.6 Å². The zero-order valence-corrected chi connectivity index (χ0v) is 19.9. The first-order valence-corrected chi connectivity index (χ1v) is 12.3. The molecule has 1 spiro atoms. The minimum atomic E-state index is -0.512. The number of anilines is 2. The Kier molecular flexibility index (Phi) is 4.63. The highest BCUT2D eigenvalue weighted by Gasteiger charge is 2.50. The lowest BCUT2D eigenvalue weighted by Gasteiger charge is -2.43. The molecule has 2 unspecified atom stereocenters. The van der Waals surface area contributed by atoms with Gasteiger partial charge in [-0.05, 0) is 36.4 Å². The van der Waals surface area contributed by atoms with E-state index in [1.54, 1.807) is 18.9 Å². The first-order valence-electron chi connectivity index (χ1n) is 10.7. The van der Waals surface area contributed by atoms with Crippen LogP contribution in [0.3, 0.4) is 0 Å². The van der Waals surface area contributed by atoms with Crippen LogP contribution >= 0.6 is 23.5 Å². The summed E-state index contributed by atoms with van der Waals surface area (Å²) >= 11 is 3.63. The van der Waals surface area contributed by atoms with Crippen LogP contribution in [0, 0.1) is 0 Å². The van der Waals surface area contributed by atoms with Crippen LogP contribution in [-0.4, -0.2) is 26.3 Å². The number of ether oxygens (including phenoxy) is 2. The van der Waals surface area contributed by atoms with Gasteiger partial charge in [-0.25, -0.2) is 0 Å². The normalized spacial score (nSPS) is 24.3. The Balaban J connectivity index is 1.45. The topological polar surface area (TPSA) is 24.9 Å². The number of hydrogen-bond acceptors (Lipinski definition) is 6. The molecule has 6 heteroatoms. The third-order valence-electron chi connectivity index (χ3n) is 6.49. The van der Waals surface area contributed by atoms with E-state index >= 15 is 0 Å². The Labute approximate surface area is 197 Å². The molecular weight excluding hydrogens is 436 g/mol. The average Bonchev–Trinajstić information content (AvgIpc) is 3.27. The van der Waals surface area contributed by atoms with Crippen LogP contribution in [0.2, 0.25) is 0 Å². The highest BCUT2D eigenvalue weighted by atomic mass is 32.2. The third-order valence-corrected chi connectivity index (χ3v) is 9.08. The number of para-hydroxylation sites is 3. The minimum absolute atomic E-state index is 0.192. The summed E-state index contributed by atoms with van der Waals surface area (Å²) in [4.78, 5) is 7.13. The summed E-state index contributed by atoms with van der Waals surface area (Å²) in [6, 6.07) is 23.3. The van der Waals surface area contributed by atoms with E-state index in [0.29, 0.717) is 0 Å². The number of hydrogen-bond donors (Lipinski definition) is 0. The monoisotopic (exact) mass is 460 g/mol. The van der Waals surface area contributed by atoms with Crippen molar-refractivity contribution in [2.45, 2.75) is 27.2 Å². The lowest BCUT2D eigenvalue weighted by Crippen LogP contribution is -2.49. The van der Waals surface area contributed by atoms with Crippen LogP contribution < -0.4 is 19.3 Å². The zero-order chi connectivity index (χ0) is 21.9. The smallest absolute Gasteiger partial charge is 0.237 e. The summed E-state index contributed by atoms with van der Waals surface area (Å²) in [5.74, 6) is 1.82. The number of benzene rings is 3. The molecule has 0 amide bonds. The van der Waals surface area contributed by atoms with Gasteiger partial charge in [0, 0.05) is 41.8 Å². The van der Waals surface area contributed by atoms with Gasteiger partial charge in [0.15, 0.2) is 11.5 Å². The number of thioether (sulfide) groups is 2. The Morgan fingerprint density at radius 2 is 1.72 bits per heavy atom. The highest BCUT2D eigenvalue weighted by molar-refractivity contribution is 8.03. The van der Waals surface area contributed by atoms with E-state index in [1.165, 1.54) is 31.8 Å². The second-order valence-corrected chi connectivity index (χ2v) is 10.6. The molecule has 2 atom stereocenters. The van der Waals surface area contributed by atoms with E-state index in [4.69, 9.17) is 9.47 Å². The first-order chi connectivity index (χ1) is 15.6. The van der Waals surface area contributed by atoms with E-state index in [0.717, 1.165) is 17.9 Å². The molecule has 162 valence electrons. The molecule has 0 aliphatic carbocycles. The fourth-order valence-corrected chi connectivity index (χ4v) is 7.36. The number of nitrogens with zero attached hydrogens (tertiary/aromatic N) is 2. The van der Waals surface area contributed by atoms with Gasteiger partial charge >= 0.3 is 0 Å². The van der Waals surface area contributed by atoms with Crippen LogP contribution in [0.4, 0.5) is 11.4 Å². The van der Waals surface area contributed by atoms with Gasteiger partial charge in [0.2, 0.25) is 5.06 Å². The summed E-state index contributed by atoms with van der Waals surface area (Å²) in [5, 5.41) is 0.743. The maximum Gasteiger partial charge on any atom is 0.237 e. The largest absolute Gasteiger partial charge is 0.493 e. The average molecular weight is 461 g/mol. The molecule has 0 radical (unpaired) electrons. The Morgan fingerprint density at radius 1 is 0.969 bits per heavy atom. The van der Waals surface area contributed by atoms with Crippen LogP contribution in [0.25, 0.3) is 0 Å². The zero-order valence-electron chi connectivity index (χ0n) is 18.2. The quantitative estimate of drug-likeness (QED) is 0.431. The molecule has 0 saturated carbocycles. The SMILES string of the molecule is COc1cccc2c1OC1(CC2/C=C2\Sc3ccccc3N2C)Sc2ccccc2N1C. The van der Waals surface area contributed by atoms with Crippen molar-refractivity contribution in [3.05, 3.63) is 83.4 Å². The van der Waals surface area contributed by atoms with Crippen molar-refractivity contribution in [2.24, 2.45) is 0 Å². The fourth-order valence-electron chi connectivity index (χ4n) is 4.78. The number of fused-ring (bicyclic) bond motifs is 3. The molecule has 0 N–H and O–H groups in total. The summed E-state index contributed by atoms with van der Waals surface area (Å²) in [6.07, 6.45) is 3.25. The molecule has 6 rings (SSSR count). The van der Waals surface area contributed by atoms with Crippen molar-refractivity contribution >= 4 is 34.9 Å². The van der Waals surface area contributed by atoms with Crippen molar-refractivity contribution in [1.29, 1.82) is 0 Å². The number of rotatable bonds is 2. The highest BCUT2D eigenvalue weighted by Crippen LogP contribution is 2.59. The molecule has 3 aliphatic rings. The summed E-state index contributed by atoms with van der Waals surface area (Å²) < 4.78 is 12.5. The van der Waals surface area contributed by atoms with Crippen molar-refractivity contribution in [3.8, 4) is 11.5 Å². The predicted molar refractivity (Wildman–Crippen MR) is 133 cm³/mol. The lowest BCUT2D eigenvalue weighted by atomic mass is 9.90. The lowest BCUT2D eigenvalue weighted by molar-refractivity contribution is 0.129. The number of methoxy groups -OCH3 is 1. The standard InChI is InChI=1S/C26H24N2O2S2/c1-27-19-10-4-6-13-22(19)31-24(27)15-17-16-26(28(2)20-11-5-7-14-23(20)32-26)30-25-18(17)9-8-12-21(25)29-3/h4-15,17H,16H2,1-3H3/b24-15-. The molecule has 32 heavy (non-hydrogen) atoms. The van der Waals surface area contributed by atoms with E-state index < -0.39 is 5.06 Å². The van der Waals surface area contributed by atoms with Crippen LogP contribution in [0.5, 0.6) is 11.5 Å². The Hall–Kier alpha value is -2.70. The van der Waals surface area contributed by atoms with E-state index in [2.05, 4.69) is 90.6 Å². The van der Waals surface area contributed by atoms with Crippen molar-refractivity contribution in [1.82, 2.24) is 0 Å². The second kappa shape index (κ2) is 7.42. The molecule has 3 aliphatic heterocycles.